The molecule has 0 fully saturated rings. The minimum Gasteiger partial charge on any atom is -0.494 e. The Labute approximate surface area is 182 Å². The maximum absolute atomic E-state index is 13.3. The van der Waals surface area contributed by atoms with Gasteiger partial charge in [-0.15, -0.1) is 0 Å². The van der Waals surface area contributed by atoms with Crippen molar-refractivity contribution in [1.29, 1.82) is 5.26 Å². The first-order valence-electron chi connectivity index (χ1n) is 9.74. The van der Waals surface area contributed by atoms with E-state index in [1.54, 1.807) is 4.68 Å². The van der Waals surface area contributed by atoms with Gasteiger partial charge in [0.25, 0.3) is 12.3 Å². The molecule has 0 saturated carbocycles. The van der Waals surface area contributed by atoms with E-state index in [1.807, 2.05) is 37.4 Å². The third-order valence-corrected chi connectivity index (χ3v) is 5.00. The fourth-order valence-corrected chi connectivity index (χ4v) is 3.57. The van der Waals surface area contributed by atoms with Gasteiger partial charge in [0.2, 0.25) is 0 Å². The number of amides is 1. The van der Waals surface area contributed by atoms with Gasteiger partial charge in [0.15, 0.2) is 11.6 Å². The number of aromatic nitrogens is 3. The summed E-state index contributed by atoms with van der Waals surface area (Å²) in [5, 5.41) is 13.9. The second kappa shape index (κ2) is 8.63. The fourth-order valence-electron chi connectivity index (χ4n) is 3.57. The lowest BCUT2D eigenvalue weighted by Gasteiger charge is -2.20. The van der Waals surface area contributed by atoms with Gasteiger partial charge in [0.1, 0.15) is 24.0 Å². The maximum atomic E-state index is 13.3. The second-order valence-electron chi connectivity index (χ2n) is 7.18. The number of carbonyl (C=O) groups is 1. The average Bonchev–Trinajstić information content (AvgIpc) is 3.36. The van der Waals surface area contributed by atoms with E-state index in [4.69, 9.17) is 9.47 Å². The van der Waals surface area contributed by atoms with Gasteiger partial charge < -0.3 is 14.4 Å². The molecule has 0 spiro atoms. The number of alkyl halides is 2. The molecule has 1 aliphatic heterocycles. The Kier molecular flexibility index (Phi) is 5.73. The molecular weight excluding hydrogens is 420 g/mol. The van der Waals surface area contributed by atoms with Crippen molar-refractivity contribution in [1.82, 2.24) is 19.7 Å². The van der Waals surface area contributed by atoms with Gasteiger partial charge in [-0.05, 0) is 31.2 Å². The lowest BCUT2D eigenvalue weighted by Crippen LogP contribution is -2.27. The van der Waals surface area contributed by atoms with E-state index in [0.717, 1.165) is 11.3 Å². The topological polar surface area (TPSA) is 93.3 Å². The summed E-state index contributed by atoms with van der Waals surface area (Å²) in [5.74, 6) is 0.0948. The van der Waals surface area contributed by atoms with Gasteiger partial charge in [-0.25, -0.2) is 18.4 Å². The molecule has 0 unspecified atom stereocenters. The number of aryl methyl sites for hydroxylation is 1. The van der Waals surface area contributed by atoms with Crippen LogP contribution < -0.4 is 9.47 Å². The molecule has 1 aliphatic rings. The lowest BCUT2D eigenvalue weighted by atomic mass is 10.1. The number of ether oxygens (including phenoxy) is 2. The first kappa shape index (κ1) is 21.2. The van der Waals surface area contributed by atoms with Crippen LogP contribution in [-0.4, -0.2) is 45.7 Å². The van der Waals surface area contributed by atoms with Crippen LogP contribution in [0.4, 0.5) is 8.78 Å². The highest BCUT2D eigenvalue weighted by Gasteiger charge is 2.32. The first-order valence-corrected chi connectivity index (χ1v) is 9.74. The lowest BCUT2D eigenvalue weighted by molar-refractivity contribution is 0.0703. The number of pyridine rings is 1. The first-order chi connectivity index (χ1) is 15.4. The third kappa shape index (κ3) is 3.97. The number of nitriles is 1. The highest BCUT2D eigenvalue weighted by Crippen LogP contribution is 2.35. The summed E-state index contributed by atoms with van der Waals surface area (Å²) < 4.78 is 37.5. The number of benzene rings is 1. The van der Waals surface area contributed by atoms with Crippen molar-refractivity contribution in [3.8, 4) is 23.4 Å². The number of hydrogen-bond acceptors (Lipinski definition) is 6. The van der Waals surface area contributed by atoms with E-state index >= 15 is 0 Å². The smallest absolute Gasteiger partial charge is 0.272 e. The van der Waals surface area contributed by atoms with E-state index in [-0.39, 0.29) is 35.7 Å². The number of nitrogens with zero attached hydrogens (tertiary/aromatic N) is 5. The minimum atomic E-state index is -2.72. The van der Waals surface area contributed by atoms with E-state index in [9.17, 15) is 18.8 Å². The van der Waals surface area contributed by atoms with Gasteiger partial charge in [0, 0.05) is 24.0 Å². The summed E-state index contributed by atoms with van der Waals surface area (Å²) in [6, 6.07) is 10.3. The van der Waals surface area contributed by atoms with Crippen LogP contribution in [0.2, 0.25) is 0 Å². The normalized spacial score (nSPS) is 12.6. The monoisotopic (exact) mass is 439 g/mol. The SMILES string of the molecule is COc1c(C#N)ccc(OCC(F)F)c1C(=O)N1Cc2cn(-c3cccc(C)n3)nc2C1. The van der Waals surface area contributed by atoms with Crippen molar-refractivity contribution < 1.29 is 23.0 Å². The van der Waals surface area contributed by atoms with Crippen molar-refractivity contribution >= 4 is 5.91 Å². The maximum Gasteiger partial charge on any atom is 0.272 e. The fraction of sp³-hybridized carbons (Fsp3) is 0.273. The predicted octanol–water partition coefficient (Wildman–Crippen LogP) is 3.26. The van der Waals surface area contributed by atoms with Gasteiger partial charge in [-0.2, -0.15) is 10.4 Å². The summed E-state index contributed by atoms with van der Waals surface area (Å²) in [4.78, 5) is 19.3. The van der Waals surface area contributed by atoms with E-state index < -0.39 is 18.9 Å². The minimum absolute atomic E-state index is 0.0113. The van der Waals surface area contributed by atoms with Crippen LogP contribution in [0.3, 0.4) is 0 Å². The zero-order chi connectivity index (χ0) is 22.8. The molecule has 0 saturated heterocycles. The molecule has 3 aromatic rings. The Morgan fingerprint density at radius 3 is 2.75 bits per heavy atom. The van der Waals surface area contributed by atoms with Crippen LogP contribution in [0, 0.1) is 18.3 Å². The van der Waals surface area contributed by atoms with Gasteiger partial charge in [-0.3, -0.25) is 4.79 Å². The molecule has 10 heteroatoms. The van der Waals surface area contributed by atoms with Crippen molar-refractivity contribution in [2.24, 2.45) is 0 Å². The summed E-state index contributed by atoms with van der Waals surface area (Å²) >= 11 is 0. The summed E-state index contributed by atoms with van der Waals surface area (Å²) in [6.07, 6.45) is -0.909. The molecule has 2 aromatic heterocycles. The molecular formula is C22H19F2N5O3. The highest BCUT2D eigenvalue weighted by molar-refractivity contribution is 6.00. The van der Waals surface area contributed by atoms with Crippen molar-refractivity contribution in [3.63, 3.8) is 0 Å². The molecule has 32 heavy (non-hydrogen) atoms. The zero-order valence-electron chi connectivity index (χ0n) is 17.4. The molecule has 0 radical (unpaired) electrons. The Balaban J connectivity index is 1.62. The molecule has 0 bridgehead atoms. The number of rotatable bonds is 6. The largest absolute Gasteiger partial charge is 0.494 e. The van der Waals surface area contributed by atoms with E-state index in [1.165, 1.54) is 24.1 Å². The van der Waals surface area contributed by atoms with Gasteiger partial charge in [0.05, 0.1) is 24.9 Å². The molecule has 0 N–H and O–H groups in total. The Bertz CT molecular complexity index is 1200. The third-order valence-electron chi connectivity index (χ3n) is 5.00. The van der Waals surface area contributed by atoms with Crippen LogP contribution in [0.15, 0.2) is 36.5 Å². The molecule has 0 aliphatic carbocycles. The van der Waals surface area contributed by atoms with Crippen LogP contribution in [0.1, 0.15) is 32.9 Å². The summed E-state index contributed by atoms with van der Waals surface area (Å²) in [6.45, 7) is 1.47. The summed E-state index contributed by atoms with van der Waals surface area (Å²) in [5.41, 5.74) is 2.44. The molecule has 164 valence electrons. The number of methoxy groups -OCH3 is 1. The molecule has 4 rings (SSSR count). The Hall–Kier alpha value is -4.00. The average molecular weight is 439 g/mol. The summed E-state index contributed by atoms with van der Waals surface area (Å²) in [7, 11) is 1.31. The predicted molar refractivity (Wildman–Crippen MR) is 109 cm³/mol. The van der Waals surface area contributed by atoms with E-state index in [2.05, 4.69) is 10.1 Å². The van der Waals surface area contributed by atoms with Gasteiger partial charge in [-0.1, -0.05) is 6.07 Å². The van der Waals surface area contributed by atoms with Crippen LogP contribution >= 0.6 is 0 Å². The zero-order valence-corrected chi connectivity index (χ0v) is 17.4. The van der Waals surface area contributed by atoms with Crippen LogP contribution in [-0.2, 0) is 13.1 Å². The second-order valence-corrected chi connectivity index (χ2v) is 7.18. The van der Waals surface area contributed by atoms with Crippen LogP contribution in [0.25, 0.3) is 5.82 Å². The molecule has 0 atom stereocenters. The van der Waals surface area contributed by atoms with Crippen molar-refractivity contribution in [2.45, 2.75) is 26.4 Å². The van der Waals surface area contributed by atoms with E-state index in [0.29, 0.717) is 11.5 Å². The number of fused-ring (bicyclic) bond motifs is 1. The molecule has 1 aromatic carbocycles. The molecule has 8 nitrogen and oxygen atoms in total. The Morgan fingerprint density at radius 1 is 1.28 bits per heavy atom. The quantitative estimate of drug-likeness (QED) is 0.585. The molecule has 1 amide bonds. The Morgan fingerprint density at radius 2 is 2.09 bits per heavy atom. The van der Waals surface area contributed by atoms with Gasteiger partial charge >= 0.3 is 0 Å². The molecule has 3 heterocycles. The highest BCUT2D eigenvalue weighted by atomic mass is 19.3. The number of hydrogen-bond donors (Lipinski definition) is 0. The van der Waals surface area contributed by atoms with Crippen LogP contribution in [0.5, 0.6) is 11.5 Å². The number of halogens is 2. The standard InChI is InChI=1S/C22H19F2N5O3/c1-13-4-3-5-19(26-13)29-10-15-9-28(11-16(15)27-29)22(30)20-17(32-12-18(23)24)7-6-14(8-25)21(20)31-2/h3-7,10,18H,9,11-12H2,1-2H3. The van der Waals surface area contributed by atoms with Crippen molar-refractivity contribution in [3.05, 3.63) is 64.6 Å². The van der Waals surface area contributed by atoms with Crippen molar-refractivity contribution in [2.75, 3.05) is 13.7 Å². The number of carbonyl (C=O) groups excluding carboxylic acids is 1.